The largest absolute Gasteiger partial charge is 0.493 e. The minimum atomic E-state index is -0.629. The zero-order valence-electron chi connectivity index (χ0n) is 14.6. The standard InChI is InChI=1S/C17H20N2O6/c1-11-5-6-13(14(7-11)23-4)24-10-16(21)25-9-12-8-15(20)19(3)17(22)18(12)2/h5-8H,9-10H2,1-4H3. The van der Waals surface area contributed by atoms with Gasteiger partial charge in [0.1, 0.15) is 6.61 Å². The van der Waals surface area contributed by atoms with Gasteiger partial charge in [0, 0.05) is 20.2 Å². The molecule has 8 heteroatoms. The number of benzene rings is 1. The minimum absolute atomic E-state index is 0.199. The first-order valence-corrected chi connectivity index (χ1v) is 7.52. The summed E-state index contributed by atoms with van der Waals surface area (Å²) in [5, 5.41) is 0. The highest BCUT2D eigenvalue weighted by atomic mass is 16.6. The van der Waals surface area contributed by atoms with E-state index in [1.165, 1.54) is 31.8 Å². The third-order valence-electron chi connectivity index (χ3n) is 3.67. The SMILES string of the molecule is COc1cc(C)ccc1OCC(=O)OCc1cc(=O)n(C)c(=O)n1C. The van der Waals surface area contributed by atoms with Gasteiger partial charge >= 0.3 is 11.7 Å². The third-order valence-corrected chi connectivity index (χ3v) is 3.67. The van der Waals surface area contributed by atoms with Crippen molar-refractivity contribution in [3.63, 3.8) is 0 Å². The second kappa shape index (κ2) is 7.69. The van der Waals surface area contributed by atoms with Crippen molar-refractivity contribution in [2.75, 3.05) is 13.7 Å². The Morgan fingerprint density at radius 3 is 2.48 bits per heavy atom. The first-order chi connectivity index (χ1) is 11.8. The van der Waals surface area contributed by atoms with E-state index in [0.717, 1.165) is 10.1 Å². The van der Waals surface area contributed by atoms with Crippen LogP contribution in [0.5, 0.6) is 11.5 Å². The Morgan fingerprint density at radius 1 is 1.08 bits per heavy atom. The summed E-state index contributed by atoms with van der Waals surface area (Å²) in [6.07, 6.45) is 0. The number of carbonyl (C=O) groups excluding carboxylic acids is 1. The van der Waals surface area contributed by atoms with Crippen molar-refractivity contribution in [2.45, 2.75) is 13.5 Å². The number of nitrogens with zero attached hydrogens (tertiary/aromatic N) is 2. The van der Waals surface area contributed by atoms with Gasteiger partial charge in [-0.05, 0) is 24.6 Å². The molecule has 1 aromatic carbocycles. The Kier molecular flexibility index (Phi) is 5.63. The second-order valence-electron chi connectivity index (χ2n) is 5.48. The lowest BCUT2D eigenvalue weighted by Crippen LogP contribution is -2.38. The van der Waals surface area contributed by atoms with Crippen LogP contribution < -0.4 is 20.7 Å². The monoisotopic (exact) mass is 348 g/mol. The van der Waals surface area contributed by atoms with Crippen LogP contribution in [0.25, 0.3) is 0 Å². The summed E-state index contributed by atoms with van der Waals surface area (Å²) in [5.74, 6) is 0.309. The van der Waals surface area contributed by atoms with Crippen molar-refractivity contribution in [2.24, 2.45) is 14.1 Å². The Balaban J connectivity index is 1.98. The molecule has 0 atom stereocenters. The molecule has 0 radical (unpaired) electrons. The lowest BCUT2D eigenvalue weighted by molar-refractivity contribution is -0.147. The van der Waals surface area contributed by atoms with Gasteiger partial charge in [-0.2, -0.15) is 0 Å². The fourth-order valence-electron chi connectivity index (χ4n) is 2.14. The molecule has 2 aromatic rings. The molecule has 2 rings (SSSR count). The van der Waals surface area contributed by atoms with Gasteiger partial charge in [-0.3, -0.25) is 13.9 Å². The van der Waals surface area contributed by atoms with E-state index >= 15 is 0 Å². The molecule has 0 fully saturated rings. The molecule has 0 aliphatic heterocycles. The molecule has 0 aliphatic carbocycles. The summed E-state index contributed by atoms with van der Waals surface area (Å²) in [5.41, 5.74) is 0.349. The smallest absolute Gasteiger partial charge is 0.344 e. The van der Waals surface area contributed by atoms with E-state index in [4.69, 9.17) is 14.2 Å². The second-order valence-corrected chi connectivity index (χ2v) is 5.48. The van der Waals surface area contributed by atoms with Crippen LogP contribution in [0, 0.1) is 6.92 Å². The first kappa shape index (κ1) is 18.3. The molecule has 0 amide bonds. The topological polar surface area (TPSA) is 88.8 Å². The van der Waals surface area contributed by atoms with E-state index < -0.39 is 17.2 Å². The van der Waals surface area contributed by atoms with Crippen molar-refractivity contribution < 1.29 is 19.0 Å². The van der Waals surface area contributed by atoms with Gasteiger partial charge in [0.15, 0.2) is 18.1 Å². The molecule has 0 spiro atoms. The molecule has 8 nitrogen and oxygen atoms in total. The Bertz CT molecular complexity index is 897. The van der Waals surface area contributed by atoms with Crippen LogP contribution in [0.1, 0.15) is 11.3 Å². The summed E-state index contributed by atoms with van der Waals surface area (Å²) in [4.78, 5) is 35.3. The number of esters is 1. The number of hydrogen-bond acceptors (Lipinski definition) is 6. The Labute approximate surface area is 144 Å². The van der Waals surface area contributed by atoms with E-state index in [1.807, 2.05) is 13.0 Å². The van der Waals surface area contributed by atoms with E-state index in [1.54, 1.807) is 12.1 Å². The highest BCUT2D eigenvalue weighted by molar-refractivity contribution is 5.71. The summed E-state index contributed by atoms with van der Waals surface area (Å²) < 4.78 is 17.9. The lowest BCUT2D eigenvalue weighted by atomic mass is 10.2. The molecule has 0 N–H and O–H groups in total. The van der Waals surface area contributed by atoms with Crippen molar-refractivity contribution in [3.05, 3.63) is 56.4 Å². The number of aryl methyl sites for hydroxylation is 1. The van der Waals surface area contributed by atoms with Crippen LogP contribution in [0.2, 0.25) is 0 Å². The predicted molar refractivity (Wildman–Crippen MR) is 89.9 cm³/mol. The molecule has 0 saturated heterocycles. The van der Waals surface area contributed by atoms with Gasteiger partial charge in [-0.15, -0.1) is 0 Å². The van der Waals surface area contributed by atoms with Crippen molar-refractivity contribution in [1.29, 1.82) is 0 Å². The van der Waals surface area contributed by atoms with Gasteiger partial charge in [-0.1, -0.05) is 6.07 Å². The van der Waals surface area contributed by atoms with Crippen molar-refractivity contribution in [1.82, 2.24) is 9.13 Å². The van der Waals surface area contributed by atoms with Gasteiger partial charge < -0.3 is 14.2 Å². The molecule has 25 heavy (non-hydrogen) atoms. The van der Waals surface area contributed by atoms with Gasteiger partial charge in [0.2, 0.25) is 0 Å². The van der Waals surface area contributed by atoms with Crippen LogP contribution in [-0.2, 0) is 30.2 Å². The molecule has 0 bridgehead atoms. The fourth-order valence-corrected chi connectivity index (χ4v) is 2.14. The maximum Gasteiger partial charge on any atom is 0.344 e. The minimum Gasteiger partial charge on any atom is -0.493 e. The molecular weight excluding hydrogens is 328 g/mol. The number of carbonyl (C=O) groups is 1. The molecule has 1 heterocycles. The zero-order chi connectivity index (χ0) is 18.6. The molecule has 134 valence electrons. The average molecular weight is 348 g/mol. The Morgan fingerprint density at radius 2 is 1.80 bits per heavy atom. The van der Waals surface area contributed by atoms with Crippen LogP contribution in [0.3, 0.4) is 0 Å². The number of rotatable bonds is 6. The average Bonchev–Trinajstić information content (AvgIpc) is 2.60. The maximum absolute atomic E-state index is 11.8. The van der Waals surface area contributed by atoms with E-state index in [-0.39, 0.29) is 13.2 Å². The first-order valence-electron chi connectivity index (χ1n) is 7.52. The Hall–Kier alpha value is -3.03. The highest BCUT2D eigenvalue weighted by Gasteiger charge is 2.11. The molecule has 1 aromatic heterocycles. The van der Waals surface area contributed by atoms with Crippen LogP contribution >= 0.6 is 0 Å². The number of hydrogen-bond donors (Lipinski definition) is 0. The van der Waals surface area contributed by atoms with Crippen molar-refractivity contribution in [3.8, 4) is 11.5 Å². The summed E-state index contributed by atoms with van der Waals surface area (Å²) in [7, 11) is 4.39. The quantitative estimate of drug-likeness (QED) is 0.707. The van der Waals surface area contributed by atoms with Crippen LogP contribution in [0.4, 0.5) is 0 Å². The molecule has 0 saturated carbocycles. The maximum atomic E-state index is 11.8. The van der Waals surface area contributed by atoms with E-state index in [9.17, 15) is 14.4 Å². The van der Waals surface area contributed by atoms with Crippen molar-refractivity contribution >= 4 is 5.97 Å². The van der Waals surface area contributed by atoms with E-state index in [0.29, 0.717) is 17.2 Å². The summed E-state index contributed by atoms with van der Waals surface area (Å²) in [6, 6.07) is 6.57. The van der Waals surface area contributed by atoms with Gasteiger partial charge in [0.25, 0.3) is 5.56 Å². The fraction of sp³-hybridized carbons (Fsp3) is 0.353. The third kappa shape index (κ3) is 4.28. The molecule has 0 aliphatic rings. The molecular formula is C17H20N2O6. The summed E-state index contributed by atoms with van der Waals surface area (Å²) >= 11 is 0. The zero-order valence-corrected chi connectivity index (χ0v) is 14.6. The summed E-state index contributed by atoms with van der Waals surface area (Å²) in [6.45, 7) is 1.39. The van der Waals surface area contributed by atoms with Gasteiger partial charge in [0.05, 0.1) is 12.8 Å². The number of methoxy groups -OCH3 is 1. The predicted octanol–water partition coefficient (Wildman–Crippen LogP) is 0.523. The highest BCUT2D eigenvalue weighted by Crippen LogP contribution is 2.27. The van der Waals surface area contributed by atoms with E-state index in [2.05, 4.69) is 0 Å². The van der Waals surface area contributed by atoms with Crippen LogP contribution in [0.15, 0.2) is 33.9 Å². The lowest BCUT2D eigenvalue weighted by Gasteiger charge is -2.12. The van der Waals surface area contributed by atoms with Gasteiger partial charge in [-0.25, -0.2) is 9.59 Å². The van der Waals surface area contributed by atoms with Crippen LogP contribution in [-0.4, -0.2) is 28.8 Å². The molecule has 0 unspecified atom stereocenters. The number of aromatic nitrogens is 2. The number of ether oxygens (including phenoxy) is 3. The normalized spacial score (nSPS) is 10.4.